The fourth-order valence-corrected chi connectivity index (χ4v) is 3.44. The van der Waals surface area contributed by atoms with Crippen molar-refractivity contribution >= 4 is 11.9 Å². The number of benzene rings is 1. The maximum absolute atomic E-state index is 12.0. The van der Waals surface area contributed by atoms with Crippen LogP contribution in [0.2, 0.25) is 0 Å². The molecule has 4 nitrogen and oxygen atoms in total. The van der Waals surface area contributed by atoms with Crippen molar-refractivity contribution in [3.8, 4) is 0 Å². The lowest BCUT2D eigenvalue weighted by atomic mass is 10.1. The average molecular weight is 287 g/mol. The molecule has 2 aliphatic rings. The van der Waals surface area contributed by atoms with Crippen LogP contribution in [0.5, 0.6) is 0 Å². The second kappa shape index (κ2) is 5.88. The van der Waals surface area contributed by atoms with Gasteiger partial charge in [0.05, 0.1) is 5.92 Å². The Labute approximate surface area is 124 Å². The Morgan fingerprint density at radius 1 is 1.14 bits per heavy atom. The Hall–Kier alpha value is -1.84. The van der Waals surface area contributed by atoms with Gasteiger partial charge in [0.1, 0.15) is 0 Å². The fourth-order valence-electron chi connectivity index (χ4n) is 3.44. The molecular formula is C17H21NO3. The van der Waals surface area contributed by atoms with Gasteiger partial charge in [-0.2, -0.15) is 0 Å². The van der Waals surface area contributed by atoms with E-state index in [9.17, 15) is 9.59 Å². The molecule has 2 saturated carbocycles. The third kappa shape index (κ3) is 3.43. The molecule has 0 unspecified atom stereocenters. The summed E-state index contributed by atoms with van der Waals surface area (Å²) in [5, 5.41) is 12.0. The van der Waals surface area contributed by atoms with Gasteiger partial charge in [-0.05, 0) is 43.1 Å². The summed E-state index contributed by atoms with van der Waals surface area (Å²) in [7, 11) is 0. The summed E-state index contributed by atoms with van der Waals surface area (Å²) in [6, 6.07) is 10.4. The third-order valence-electron chi connectivity index (χ3n) is 4.74. The van der Waals surface area contributed by atoms with Crippen LogP contribution in [-0.2, 0) is 9.59 Å². The smallest absolute Gasteiger partial charge is 0.306 e. The summed E-state index contributed by atoms with van der Waals surface area (Å²) in [6.45, 7) is 0. The standard InChI is InChI=1S/C17H21NO3/c19-16(18-14-7-6-12(8-14)17(20)21)10-13-9-15(13)11-4-2-1-3-5-11/h1-5,12-15H,6-10H2,(H,18,19)(H,20,21)/t12-,13-,14+,15-/m0/s1. The molecule has 1 aromatic rings. The summed E-state index contributed by atoms with van der Waals surface area (Å²) in [6.07, 6.45) is 3.69. The first kappa shape index (κ1) is 14.1. The second-order valence-electron chi connectivity index (χ2n) is 6.33. The highest BCUT2D eigenvalue weighted by molar-refractivity contribution is 5.77. The number of hydrogen-bond acceptors (Lipinski definition) is 2. The van der Waals surface area contributed by atoms with Crippen molar-refractivity contribution in [2.24, 2.45) is 11.8 Å². The minimum absolute atomic E-state index is 0.0486. The molecule has 0 spiro atoms. The highest BCUT2D eigenvalue weighted by atomic mass is 16.4. The largest absolute Gasteiger partial charge is 0.481 e. The lowest BCUT2D eigenvalue weighted by molar-refractivity contribution is -0.141. The highest BCUT2D eigenvalue weighted by Gasteiger charge is 2.40. The van der Waals surface area contributed by atoms with Gasteiger partial charge in [-0.3, -0.25) is 9.59 Å². The number of carboxylic acid groups (broad SMARTS) is 1. The van der Waals surface area contributed by atoms with E-state index in [4.69, 9.17) is 5.11 Å². The quantitative estimate of drug-likeness (QED) is 0.874. The van der Waals surface area contributed by atoms with Crippen molar-refractivity contribution in [3.63, 3.8) is 0 Å². The van der Waals surface area contributed by atoms with Gasteiger partial charge in [0.25, 0.3) is 0 Å². The molecule has 4 atom stereocenters. The van der Waals surface area contributed by atoms with Crippen LogP contribution in [0, 0.1) is 11.8 Å². The van der Waals surface area contributed by atoms with E-state index in [2.05, 4.69) is 17.4 Å². The molecule has 0 saturated heterocycles. The Bertz CT molecular complexity index is 528. The molecule has 0 heterocycles. The lowest BCUT2D eigenvalue weighted by Gasteiger charge is -2.12. The van der Waals surface area contributed by atoms with Crippen LogP contribution < -0.4 is 5.32 Å². The van der Waals surface area contributed by atoms with Crippen LogP contribution in [0.15, 0.2) is 30.3 Å². The molecule has 1 aromatic carbocycles. The number of rotatable bonds is 5. The summed E-state index contributed by atoms with van der Waals surface area (Å²) >= 11 is 0. The van der Waals surface area contributed by atoms with Gasteiger partial charge in [-0.15, -0.1) is 0 Å². The minimum atomic E-state index is -0.738. The molecule has 4 heteroatoms. The molecule has 1 amide bonds. The molecule has 112 valence electrons. The molecule has 2 N–H and O–H groups in total. The van der Waals surface area contributed by atoms with Crippen LogP contribution in [0.4, 0.5) is 0 Å². The first-order valence-corrected chi connectivity index (χ1v) is 7.70. The Balaban J connectivity index is 1.43. The molecule has 2 fully saturated rings. The van der Waals surface area contributed by atoms with Crippen molar-refractivity contribution in [1.82, 2.24) is 5.32 Å². The van der Waals surface area contributed by atoms with Gasteiger partial charge in [0.2, 0.25) is 5.91 Å². The normalized spacial score (nSPS) is 30.9. The van der Waals surface area contributed by atoms with E-state index in [1.54, 1.807) is 0 Å². The molecule has 0 radical (unpaired) electrons. The van der Waals surface area contributed by atoms with Gasteiger partial charge >= 0.3 is 5.97 Å². The van der Waals surface area contributed by atoms with E-state index >= 15 is 0 Å². The zero-order chi connectivity index (χ0) is 14.8. The number of aliphatic carboxylic acids is 1. The van der Waals surface area contributed by atoms with E-state index in [1.807, 2.05) is 18.2 Å². The van der Waals surface area contributed by atoms with E-state index in [1.165, 1.54) is 5.56 Å². The SMILES string of the molecule is O=C(C[C@@H]1C[C@H]1c1ccccc1)N[C@@H]1CC[C@H](C(=O)O)C1. The zero-order valence-electron chi connectivity index (χ0n) is 12.0. The van der Waals surface area contributed by atoms with E-state index in [0.29, 0.717) is 31.1 Å². The molecule has 21 heavy (non-hydrogen) atoms. The maximum Gasteiger partial charge on any atom is 0.306 e. The average Bonchev–Trinajstić information content (AvgIpc) is 3.06. The first-order chi connectivity index (χ1) is 10.1. The fraction of sp³-hybridized carbons (Fsp3) is 0.529. The zero-order valence-corrected chi connectivity index (χ0v) is 12.0. The number of carboxylic acids is 1. The van der Waals surface area contributed by atoms with Gasteiger partial charge < -0.3 is 10.4 Å². The summed E-state index contributed by atoms with van der Waals surface area (Å²) in [5.41, 5.74) is 1.32. The Morgan fingerprint density at radius 3 is 2.57 bits per heavy atom. The molecular weight excluding hydrogens is 266 g/mol. The second-order valence-corrected chi connectivity index (χ2v) is 6.33. The minimum Gasteiger partial charge on any atom is -0.481 e. The monoisotopic (exact) mass is 287 g/mol. The van der Waals surface area contributed by atoms with Gasteiger partial charge in [0, 0.05) is 12.5 Å². The Morgan fingerprint density at radius 2 is 1.90 bits per heavy atom. The van der Waals surface area contributed by atoms with Gasteiger partial charge in [0.15, 0.2) is 0 Å². The number of hydrogen-bond donors (Lipinski definition) is 2. The van der Waals surface area contributed by atoms with Crippen LogP contribution in [-0.4, -0.2) is 23.0 Å². The van der Waals surface area contributed by atoms with Crippen LogP contribution in [0.3, 0.4) is 0 Å². The van der Waals surface area contributed by atoms with Crippen LogP contribution in [0.25, 0.3) is 0 Å². The van der Waals surface area contributed by atoms with Crippen LogP contribution >= 0.6 is 0 Å². The molecule has 2 aliphatic carbocycles. The van der Waals surface area contributed by atoms with Crippen LogP contribution in [0.1, 0.15) is 43.6 Å². The molecule has 0 aromatic heterocycles. The summed E-state index contributed by atoms with van der Waals surface area (Å²) in [5.74, 6) is 0.0252. The first-order valence-electron chi connectivity index (χ1n) is 7.70. The molecule has 0 bridgehead atoms. The maximum atomic E-state index is 12.0. The molecule has 3 rings (SSSR count). The highest BCUT2D eigenvalue weighted by Crippen LogP contribution is 2.49. The van der Waals surface area contributed by atoms with E-state index < -0.39 is 5.97 Å². The van der Waals surface area contributed by atoms with E-state index in [-0.39, 0.29) is 17.9 Å². The lowest BCUT2D eigenvalue weighted by Crippen LogP contribution is -2.33. The van der Waals surface area contributed by atoms with Crippen molar-refractivity contribution in [2.75, 3.05) is 0 Å². The van der Waals surface area contributed by atoms with Crippen molar-refractivity contribution in [1.29, 1.82) is 0 Å². The topological polar surface area (TPSA) is 66.4 Å². The van der Waals surface area contributed by atoms with E-state index in [0.717, 1.165) is 12.8 Å². The predicted molar refractivity (Wildman–Crippen MR) is 78.8 cm³/mol. The molecule has 0 aliphatic heterocycles. The number of nitrogens with one attached hydrogen (secondary N) is 1. The summed E-state index contributed by atoms with van der Waals surface area (Å²) < 4.78 is 0. The van der Waals surface area contributed by atoms with Gasteiger partial charge in [-0.25, -0.2) is 0 Å². The third-order valence-corrected chi connectivity index (χ3v) is 4.74. The number of carbonyl (C=O) groups excluding carboxylic acids is 1. The van der Waals surface area contributed by atoms with Gasteiger partial charge in [-0.1, -0.05) is 30.3 Å². The summed E-state index contributed by atoms with van der Waals surface area (Å²) in [4.78, 5) is 23.0. The predicted octanol–water partition coefficient (Wildman–Crippen LogP) is 2.55. The van der Waals surface area contributed by atoms with Crippen molar-refractivity contribution < 1.29 is 14.7 Å². The number of carbonyl (C=O) groups is 2. The number of amides is 1. The van der Waals surface area contributed by atoms with Crippen molar-refractivity contribution in [3.05, 3.63) is 35.9 Å². The van der Waals surface area contributed by atoms with Crippen molar-refractivity contribution in [2.45, 2.75) is 44.1 Å². The Kier molecular flexibility index (Phi) is 3.95.